The fourth-order valence-electron chi connectivity index (χ4n) is 1.40. The first-order chi connectivity index (χ1) is 5.65. The van der Waals surface area contributed by atoms with Gasteiger partial charge in [0.05, 0.1) is 13.0 Å². The summed E-state index contributed by atoms with van der Waals surface area (Å²) in [7, 11) is 1.37. The van der Waals surface area contributed by atoms with Gasteiger partial charge in [0, 0.05) is 6.42 Å². The van der Waals surface area contributed by atoms with E-state index < -0.39 is 0 Å². The lowest BCUT2D eigenvalue weighted by atomic mass is 9.98. The predicted octanol–water partition coefficient (Wildman–Crippen LogP) is 1.16. The van der Waals surface area contributed by atoms with Crippen LogP contribution in [0.3, 0.4) is 0 Å². The third-order valence-electron chi connectivity index (χ3n) is 2.20. The minimum atomic E-state index is -0.229. The van der Waals surface area contributed by atoms with Crippen LogP contribution in [0.15, 0.2) is 0 Å². The molecule has 3 heteroatoms. The minimum Gasteiger partial charge on any atom is -0.469 e. The number of carbonyl (C=O) groups excluding carboxylic acids is 2. The Morgan fingerprint density at radius 3 is 2.42 bits per heavy atom. The molecule has 1 aliphatic carbocycles. The van der Waals surface area contributed by atoms with Crippen LogP contribution in [0.2, 0.25) is 0 Å². The molecule has 0 aliphatic heterocycles. The van der Waals surface area contributed by atoms with Gasteiger partial charge in [0.1, 0.15) is 5.78 Å². The summed E-state index contributed by atoms with van der Waals surface area (Å²) >= 11 is 0. The van der Waals surface area contributed by atoms with E-state index >= 15 is 0 Å². The number of methoxy groups -OCH3 is 1. The highest BCUT2D eigenvalue weighted by Gasteiger charge is 2.37. The van der Waals surface area contributed by atoms with Gasteiger partial charge < -0.3 is 9.53 Å². The highest BCUT2D eigenvalue weighted by Crippen LogP contribution is 2.39. The Balaban J connectivity index is 2.48. The molecule has 0 aromatic rings. The van der Waals surface area contributed by atoms with Crippen molar-refractivity contribution in [2.75, 3.05) is 7.11 Å². The molecule has 0 spiro atoms. The van der Waals surface area contributed by atoms with Crippen LogP contribution in [0.4, 0.5) is 0 Å². The van der Waals surface area contributed by atoms with E-state index in [2.05, 4.69) is 4.74 Å². The maximum absolute atomic E-state index is 11.2. The first-order valence-electron chi connectivity index (χ1n) is 4.22. The van der Waals surface area contributed by atoms with Crippen LogP contribution in [0, 0.1) is 11.8 Å². The van der Waals surface area contributed by atoms with E-state index in [0.29, 0.717) is 12.3 Å². The Morgan fingerprint density at radius 1 is 1.50 bits per heavy atom. The molecule has 1 saturated carbocycles. The second kappa shape index (κ2) is 3.70. The topological polar surface area (TPSA) is 43.4 Å². The van der Waals surface area contributed by atoms with Crippen molar-refractivity contribution in [3.8, 4) is 0 Å². The second-order valence-corrected chi connectivity index (χ2v) is 3.37. The number of ketones is 1. The summed E-state index contributed by atoms with van der Waals surface area (Å²) in [5.74, 6) is 0.0684. The first-order valence-corrected chi connectivity index (χ1v) is 4.22. The van der Waals surface area contributed by atoms with Crippen LogP contribution < -0.4 is 0 Å². The van der Waals surface area contributed by atoms with Crippen molar-refractivity contribution in [3.05, 3.63) is 0 Å². The molecule has 12 heavy (non-hydrogen) atoms. The van der Waals surface area contributed by atoms with Gasteiger partial charge in [0.2, 0.25) is 0 Å². The molecular weight excluding hydrogens is 156 g/mol. The fourth-order valence-corrected chi connectivity index (χ4v) is 1.40. The summed E-state index contributed by atoms with van der Waals surface area (Å²) in [6.45, 7) is 1.51. The van der Waals surface area contributed by atoms with Crippen molar-refractivity contribution < 1.29 is 14.3 Å². The van der Waals surface area contributed by atoms with Crippen LogP contribution in [0.1, 0.15) is 26.2 Å². The molecule has 1 atom stereocenters. The van der Waals surface area contributed by atoms with Crippen molar-refractivity contribution in [3.63, 3.8) is 0 Å². The molecule has 3 nitrogen and oxygen atoms in total. The lowest BCUT2D eigenvalue weighted by molar-refractivity contribution is -0.147. The van der Waals surface area contributed by atoms with Gasteiger partial charge in [-0.1, -0.05) is 0 Å². The Bertz CT molecular complexity index is 194. The van der Waals surface area contributed by atoms with Crippen molar-refractivity contribution in [1.29, 1.82) is 0 Å². The van der Waals surface area contributed by atoms with Crippen molar-refractivity contribution in [2.45, 2.75) is 26.2 Å². The molecule has 1 unspecified atom stereocenters. The number of hydrogen-bond acceptors (Lipinski definition) is 3. The highest BCUT2D eigenvalue weighted by atomic mass is 16.5. The largest absolute Gasteiger partial charge is 0.469 e. The molecule has 68 valence electrons. The molecule has 1 rings (SSSR count). The summed E-state index contributed by atoms with van der Waals surface area (Å²) in [5.41, 5.74) is 0. The minimum absolute atomic E-state index is 0.0669. The van der Waals surface area contributed by atoms with Gasteiger partial charge >= 0.3 is 5.97 Å². The monoisotopic (exact) mass is 170 g/mol. The van der Waals surface area contributed by atoms with Gasteiger partial charge in [0.15, 0.2) is 0 Å². The Kier molecular flexibility index (Phi) is 2.84. The van der Waals surface area contributed by atoms with Crippen LogP contribution in [-0.4, -0.2) is 18.9 Å². The Morgan fingerprint density at radius 2 is 2.08 bits per heavy atom. The zero-order valence-corrected chi connectivity index (χ0v) is 7.50. The number of carbonyl (C=O) groups is 2. The van der Waals surface area contributed by atoms with E-state index in [1.807, 2.05) is 0 Å². The Hall–Kier alpha value is -0.860. The summed E-state index contributed by atoms with van der Waals surface area (Å²) in [5, 5.41) is 0. The number of rotatable bonds is 4. The van der Waals surface area contributed by atoms with E-state index in [1.54, 1.807) is 0 Å². The van der Waals surface area contributed by atoms with Gasteiger partial charge in [0.25, 0.3) is 0 Å². The molecule has 0 aromatic carbocycles. The summed E-state index contributed by atoms with van der Waals surface area (Å²) < 4.78 is 4.62. The first kappa shape index (κ1) is 9.23. The predicted molar refractivity (Wildman–Crippen MR) is 43.5 cm³/mol. The van der Waals surface area contributed by atoms with Gasteiger partial charge in [-0.15, -0.1) is 0 Å². The van der Waals surface area contributed by atoms with Crippen LogP contribution in [0.5, 0.6) is 0 Å². The lowest BCUT2D eigenvalue weighted by Gasteiger charge is -2.10. The number of hydrogen-bond donors (Lipinski definition) is 0. The molecule has 0 bridgehead atoms. The van der Waals surface area contributed by atoms with E-state index in [0.717, 1.165) is 12.8 Å². The smallest absolute Gasteiger partial charge is 0.309 e. The normalized spacial score (nSPS) is 18.5. The lowest BCUT2D eigenvalue weighted by Crippen LogP contribution is -2.20. The van der Waals surface area contributed by atoms with Crippen LogP contribution in [0.25, 0.3) is 0 Å². The van der Waals surface area contributed by atoms with E-state index in [9.17, 15) is 9.59 Å². The second-order valence-electron chi connectivity index (χ2n) is 3.37. The molecule has 0 heterocycles. The quantitative estimate of drug-likeness (QED) is 0.595. The molecule has 0 aromatic heterocycles. The van der Waals surface area contributed by atoms with E-state index in [4.69, 9.17) is 0 Å². The van der Waals surface area contributed by atoms with E-state index in [1.165, 1.54) is 14.0 Å². The zero-order valence-electron chi connectivity index (χ0n) is 7.50. The molecule has 1 aliphatic rings. The number of Topliss-reactive ketones (excluding diaryl/α,β-unsaturated/α-hetero) is 1. The van der Waals surface area contributed by atoms with Crippen molar-refractivity contribution >= 4 is 11.8 Å². The average Bonchev–Trinajstić information content (AvgIpc) is 2.81. The Labute approximate surface area is 72.1 Å². The molecule has 0 saturated heterocycles. The molecule has 1 fully saturated rings. The summed E-state index contributed by atoms with van der Waals surface area (Å²) in [4.78, 5) is 22.0. The zero-order chi connectivity index (χ0) is 9.14. The summed E-state index contributed by atoms with van der Waals surface area (Å²) in [6, 6.07) is 0. The summed E-state index contributed by atoms with van der Waals surface area (Å²) in [6.07, 6.45) is 2.47. The standard InChI is InChI=1S/C9H14O3/c1-6(10)5-8(7-3-4-7)9(11)12-2/h7-8H,3-5H2,1-2H3. The maximum atomic E-state index is 11.2. The van der Waals surface area contributed by atoms with Crippen LogP contribution in [-0.2, 0) is 14.3 Å². The average molecular weight is 170 g/mol. The molecular formula is C9H14O3. The SMILES string of the molecule is COC(=O)C(CC(C)=O)C1CC1. The van der Waals surface area contributed by atoms with Crippen LogP contribution >= 0.6 is 0 Å². The molecule has 0 radical (unpaired) electrons. The highest BCUT2D eigenvalue weighted by molar-refractivity contribution is 5.83. The third kappa shape index (κ3) is 2.32. The van der Waals surface area contributed by atoms with Gasteiger partial charge in [-0.05, 0) is 25.7 Å². The van der Waals surface area contributed by atoms with Gasteiger partial charge in [-0.3, -0.25) is 4.79 Å². The third-order valence-corrected chi connectivity index (χ3v) is 2.20. The number of esters is 1. The molecule has 0 amide bonds. The van der Waals surface area contributed by atoms with Crippen molar-refractivity contribution in [1.82, 2.24) is 0 Å². The van der Waals surface area contributed by atoms with Crippen molar-refractivity contribution in [2.24, 2.45) is 11.8 Å². The van der Waals surface area contributed by atoms with E-state index in [-0.39, 0.29) is 17.7 Å². The molecule has 0 N–H and O–H groups in total. The number of ether oxygens (including phenoxy) is 1. The van der Waals surface area contributed by atoms with Gasteiger partial charge in [-0.25, -0.2) is 0 Å². The fraction of sp³-hybridized carbons (Fsp3) is 0.778. The maximum Gasteiger partial charge on any atom is 0.309 e. The van der Waals surface area contributed by atoms with Gasteiger partial charge in [-0.2, -0.15) is 0 Å².